The van der Waals surface area contributed by atoms with Crippen molar-refractivity contribution in [2.45, 2.75) is 115 Å². The van der Waals surface area contributed by atoms with Gasteiger partial charge in [0.1, 0.15) is 35.1 Å². The number of alkyl carbamates (subject to hydrolysis) is 1. The highest BCUT2D eigenvalue weighted by Crippen LogP contribution is 2.45. The molecule has 5 atom stereocenters. The van der Waals surface area contributed by atoms with Crippen LogP contribution in [0.5, 0.6) is 0 Å². The monoisotopic (exact) mass is 822 g/mol. The maximum atomic E-state index is 14.5. The minimum Gasteiger partial charge on any atom is -0.444 e. The van der Waals surface area contributed by atoms with Crippen LogP contribution in [0.3, 0.4) is 0 Å². The largest absolute Gasteiger partial charge is 0.444 e. The van der Waals surface area contributed by atoms with Gasteiger partial charge in [-0.15, -0.1) is 5.73 Å². The van der Waals surface area contributed by atoms with E-state index in [9.17, 15) is 36.8 Å². The van der Waals surface area contributed by atoms with Crippen molar-refractivity contribution in [2.75, 3.05) is 13.6 Å². The Hall–Kier alpha value is -5.25. The Bertz CT molecular complexity index is 2090. The van der Waals surface area contributed by atoms with Crippen LogP contribution in [0, 0.1) is 11.7 Å². The normalized spacial score (nSPS) is 25.0. The third kappa shape index (κ3) is 10.1. The first-order valence-corrected chi connectivity index (χ1v) is 21.0. The van der Waals surface area contributed by atoms with Gasteiger partial charge in [0.15, 0.2) is 0 Å². The van der Waals surface area contributed by atoms with Gasteiger partial charge in [-0.05, 0) is 75.8 Å². The van der Waals surface area contributed by atoms with Gasteiger partial charge in [0.2, 0.25) is 11.8 Å². The van der Waals surface area contributed by atoms with Gasteiger partial charge in [0, 0.05) is 38.0 Å². The zero-order valence-electron chi connectivity index (χ0n) is 33.2. The lowest BCUT2D eigenvalue weighted by molar-refractivity contribution is -0.141. The molecule has 58 heavy (non-hydrogen) atoms. The third-order valence-electron chi connectivity index (χ3n) is 10.7. The Labute approximate surface area is 338 Å². The standard InChI is InChI=1S/C41H51FN6O9S/c1-40(2,3)57-38(52)43-33-20-13-8-6-5-7-12-18-29-22-41(29,37(51)45-58(54,55)46(4)23-27-15-10-9-11-16-27)44-35(49)34-21-30(25-48(34)36(33)50)56-39(53)47-24-28-17-14-19-32(42)31(28)26-47/h7,9-11,14-19,29-30,33-34H,5-6,8,13,20-26H2,1-4H3,(H,43,52)(H,44,49)(H,45,51)/t12?,29-,30-,33+,34+,41-/m1/s1. The number of nitrogens with one attached hydrogen (secondary N) is 3. The van der Waals surface area contributed by atoms with Crippen LogP contribution in [0.2, 0.25) is 0 Å². The zero-order chi connectivity index (χ0) is 41.8. The first-order valence-electron chi connectivity index (χ1n) is 19.5. The summed E-state index contributed by atoms with van der Waals surface area (Å²) in [6.45, 7) is 4.90. The topological polar surface area (TPSA) is 184 Å². The fourth-order valence-electron chi connectivity index (χ4n) is 7.51. The molecule has 3 N–H and O–H groups in total. The number of hydrogen-bond acceptors (Lipinski definition) is 9. The van der Waals surface area contributed by atoms with Crippen molar-refractivity contribution in [3.63, 3.8) is 0 Å². The summed E-state index contributed by atoms with van der Waals surface area (Å²) in [5.41, 5.74) is 2.21. The van der Waals surface area contributed by atoms with Gasteiger partial charge in [-0.2, -0.15) is 12.7 Å². The predicted octanol–water partition coefficient (Wildman–Crippen LogP) is 4.18. The second-order valence-corrected chi connectivity index (χ2v) is 18.1. The molecule has 15 nitrogen and oxygen atoms in total. The van der Waals surface area contributed by atoms with Crippen LogP contribution in [-0.4, -0.2) is 95.4 Å². The Kier molecular flexibility index (Phi) is 12.6. The number of carbonyl (C=O) groups is 5. The molecule has 1 saturated heterocycles. The Balaban J connectivity index is 1.26. The number of benzene rings is 2. The van der Waals surface area contributed by atoms with Gasteiger partial charge in [0.05, 0.1) is 13.1 Å². The van der Waals surface area contributed by atoms with E-state index in [1.165, 1.54) is 22.9 Å². The summed E-state index contributed by atoms with van der Waals surface area (Å²) in [7, 11) is -3.05. The number of amides is 5. The van der Waals surface area contributed by atoms with E-state index in [4.69, 9.17) is 9.47 Å². The summed E-state index contributed by atoms with van der Waals surface area (Å²) < 4.78 is 55.8. The molecule has 4 aliphatic rings. The Morgan fingerprint density at radius 3 is 2.53 bits per heavy atom. The number of nitrogens with zero attached hydrogens (tertiary/aromatic N) is 3. The summed E-state index contributed by atoms with van der Waals surface area (Å²) in [5, 5.41) is 5.44. The van der Waals surface area contributed by atoms with Crippen LogP contribution in [0.25, 0.3) is 0 Å². The summed E-state index contributed by atoms with van der Waals surface area (Å²) in [6.07, 6.45) is 3.55. The van der Waals surface area contributed by atoms with E-state index < -0.39 is 81.2 Å². The molecule has 2 aromatic carbocycles. The lowest BCUT2D eigenvalue weighted by atomic mass is 10.0. The van der Waals surface area contributed by atoms with Crippen LogP contribution in [-0.2, 0) is 53.7 Å². The summed E-state index contributed by atoms with van der Waals surface area (Å²) in [6, 6.07) is 11.0. The van der Waals surface area contributed by atoms with E-state index in [1.54, 1.807) is 75.4 Å². The van der Waals surface area contributed by atoms with Crippen molar-refractivity contribution in [1.82, 2.24) is 29.5 Å². The molecule has 0 unspecified atom stereocenters. The molecule has 1 saturated carbocycles. The highest BCUT2D eigenvalue weighted by Gasteiger charge is 2.62. The van der Waals surface area contributed by atoms with E-state index in [2.05, 4.69) is 21.1 Å². The van der Waals surface area contributed by atoms with Gasteiger partial charge < -0.3 is 25.0 Å². The van der Waals surface area contributed by atoms with Gasteiger partial charge in [-0.3, -0.25) is 19.3 Å². The first-order chi connectivity index (χ1) is 27.5. The van der Waals surface area contributed by atoms with Crippen LogP contribution >= 0.6 is 0 Å². The zero-order valence-corrected chi connectivity index (χ0v) is 34.0. The minimum absolute atomic E-state index is 0.0214. The molecular weight excluding hydrogens is 772 g/mol. The molecule has 0 radical (unpaired) electrons. The van der Waals surface area contributed by atoms with Gasteiger partial charge in [-0.1, -0.05) is 55.3 Å². The third-order valence-corrected chi connectivity index (χ3v) is 12.1. The molecule has 312 valence electrons. The Morgan fingerprint density at radius 2 is 1.81 bits per heavy atom. The Morgan fingerprint density at radius 1 is 1.05 bits per heavy atom. The van der Waals surface area contributed by atoms with E-state index in [0.717, 1.165) is 10.7 Å². The van der Waals surface area contributed by atoms with Crippen LogP contribution < -0.4 is 15.4 Å². The number of carbonyl (C=O) groups excluding carboxylic acids is 5. The van der Waals surface area contributed by atoms with E-state index >= 15 is 0 Å². The van der Waals surface area contributed by atoms with E-state index in [1.807, 2.05) is 0 Å². The molecule has 2 aromatic rings. The molecule has 5 amide bonds. The molecule has 0 aromatic heterocycles. The lowest BCUT2D eigenvalue weighted by Crippen LogP contribution is -2.59. The highest BCUT2D eigenvalue weighted by molar-refractivity contribution is 7.87. The van der Waals surface area contributed by atoms with Crippen molar-refractivity contribution >= 4 is 40.1 Å². The molecule has 0 spiro atoms. The van der Waals surface area contributed by atoms with E-state index in [0.29, 0.717) is 36.0 Å². The molecule has 3 heterocycles. The number of ether oxygens (including phenoxy) is 2. The van der Waals surface area contributed by atoms with Crippen molar-refractivity contribution in [3.8, 4) is 0 Å². The fourth-order valence-corrected chi connectivity index (χ4v) is 8.41. The van der Waals surface area contributed by atoms with Crippen molar-refractivity contribution in [2.24, 2.45) is 5.92 Å². The van der Waals surface area contributed by atoms with Crippen molar-refractivity contribution in [3.05, 3.63) is 88.9 Å². The van der Waals surface area contributed by atoms with Crippen LogP contribution in [0.4, 0.5) is 14.0 Å². The smallest absolute Gasteiger partial charge is 0.410 e. The van der Waals surface area contributed by atoms with Crippen LogP contribution in [0.1, 0.15) is 82.4 Å². The average molecular weight is 823 g/mol. The van der Waals surface area contributed by atoms with Crippen LogP contribution in [0.15, 0.2) is 66.4 Å². The summed E-state index contributed by atoms with van der Waals surface area (Å²) in [4.78, 5) is 71.9. The highest BCUT2D eigenvalue weighted by atomic mass is 32.2. The minimum atomic E-state index is -4.38. The quantitative estimate of drug-likeness (QED) is 0.345. The maximum Gasteiger partial charge on any atom is 0.410 e. The fraction of sp³-hybridized carbons (Fsp3) is 0.512. The van der Waals surface area contributed by atoms with Crippen molar-refractivity contribution < 1.29 is 46.3 Å². The second kappa shape index (κ2) is 17.3. The predicted molar refractivity (Wildman–Crippen MR) is 209 cm³/mol. The molecular formula is C41H51FN6O9S. The number of halogens is 1. The van der Waals surface area contributed by atoms with Crippen molar-refractivity contribution in [1.29, 1.82) is 0 Å². The number of fused-ring (bicyclic) bond motifs is 3. The van der Waals surface area contributed by atoms with Gasteiger partial charge in [0.25, 0.3) is 5.91 Å². The molecule has 1 aliphatic carbocycles. The molecule has 2 fully saturated rings. The molecule has 3 aliphatic heterocycles. The maximum absolute atomic E-state index is 14.5. The molecule has 17 heteroatoms. The first kappa shape index (κ1) is 42.4. The molecule has 0 bridgehead atoms. The average Bonchev–Trinajstić information content (AvgIpc) is 3.44. The molecule has 6 rings (SSSR count). The van der Waals surface area contributed by atoms with Gasteiger partial charge in [-0.25, -0.2) is 18.7 Å². The van der Waals surface area contributed by atoms with E-state index in [-0.39, 0.29) is 45.4 Å². The van der Waals surface area contributed by atoms with Gasteiger partial charge >= 0.3 is 22.4 Å². The number of hydrogen-bond donors (Lipinski definition) is 3. The SMILES string of the molecule is CN(Cc1ccccc1)S(=O)(=O)NC(=O)[C@@]12C[C@H]1C=C=CCCCCC[C@H](NC(=O)OC(C)(C)C)C(=O)N1C[C@H](OC(=O)N3Cc4cccc(F)c4C3)C[C@H]1C(=O)N2. The summed E-state index contributed by atoms with van der Waals surface area (Å²) in [5.74, 6) is -3.44. The second-order valence-electron chi connectivity index (χ2n) is 16.3. The lowest BCUT2D eigenvalue weighted by Gasteiger charge is -2.30. The summed E-state index contributed by atoms with van der Waals surface area (Å²) >= 11 is 0. The number of rotatable bonds is 7.